The predicted molar refractivity (Wildman–Crippen MR) is 169 cm³/mol. The Bertz CT molecular complexity index is 1160. The zero-order valence-electron chi connectivity index (χ0n) is 25.9. The average molecular weight is 651 g/mol. The fourth-order valence-corrected chi connectivity index (χ4v) is 5.21. The van der Waals surface area contributed by atoms with Crippen LogP contribution in [-0.4, -0.2) is 83.0 Å². The molecule has 0 radical (unpaired) electrons. The summed E-state index contributed by atoms with van der Waals surface area (Å²) < 4.78 is 5.10. The third-order valence-corrected chi connectivity index (χ3v) is 7.82. The predicted octanol–water partition coefficient (Wildman–Crippen LogP) is 2.53. The Morgan fingerprint density at radius 2 is 1.49 bits per heavy atom. The number of nitrogens with one attached hydrogen (secondary N) is 4. The van der Waals surface area contributed by atoms with Gasteiger partial charge in [-0.15, -0.1) is 0 Å². The Hall–Kier alpha value is -3.81. The number of alkyl carbamates (subject to hydrolysis) is 1. The molecule has 45 heavy (non-hydrogen) atoms. The van der Waals surface area contributed by atoms with E-state index in [1.165, 1.54) is 12.1 Å². The van der Waals surface area contributed by atoms with Crippen molar-refractivity contribution in [2.75, 3.05) is 18.9 Å². The SMILES string of the molecule is CC(C)COC(=O)NC(CCC(=O)O)C(=O)NC(CC1CCCCC1)C(=O)NC(CS)C(=O)NCCc1ccc(C(=O)O)cc1. The Morgan fingerprint density at radius 3 is 2.07 bits per heavy atom. The summed E-state index contributed by atoms with van der Waals surface area (Å²) in [7, 11) is 0. The molecule has 2 rings (SSSR count). The van der Waals surface area contributed by atoms with Crippen LogP contribution in [0.1, 0.15) is 81.1 Å². The fraction of sp³-hybridized carbons (Fsp3) is 0.613. The molecule has 1 aliphatic carbocycles. The highest BCUT2D eigenvalue weighted by atomic mass is 32.1. The number of aliphatic carboxylic acids is 1. The normalized spacial score (nSPS) is 15.3. The molecular weight excluding hydrogens is 604 g/mol. The van der Waals surface area contributed by atoms with Gasteiger partial charge in [0.05, 0.1) is 12.2 Å². The van der Waals surface area contributed by atoms with Gasteiger partial charge in [-0.2, -0.15) is 12.6 Å². The minimum Gasteiger partial charge on any atom is -0.481 e. The zero-order valence-corrected chi connectivity index (χ0v) is 26.8. The molecule has 250 valence electrons. The van der Waals surface area contributed by atoms with Gasteiger partial charge in [-0.3, -0.25) is 19.2 Å². The molecule has 1 aromatic carbocycles. The fourth-order valence-electron chi connectivity index (χ4n) is 4.96. The second kappa shape index (κ2) is 19.6. The molecule has 13 nitrogen and oxygen atoms in total. The maximum Gasteiger partial charge on any atom is 0.407 e. The van der Waals surface area contributed by atoms with Crippen LogP contribution in [0, 0.1) is 11.8 Å². The van der Waals surface area contributed by atoms with E-state index in [1.807, 2.05) is 13.8 Å². The summed E-state index contributed by atoms with van der Waals surface area (Å²) >= 11 is 4.24. The van der Waals surface area contributed by atoms with E-state index in [-0.39, 0.29) is 42.7 Å². The summed E-state index contributed by atoms with van der Waals surface area (Å²) in [5, 5.41) is 28.7. The molecule has 6 N–H and O–H groups in total. The summed E-state index contributed by atoms with van der Waals surface area (Å²) in [6.07, 6.45) is 4.12. The molecule has 3 atom stereocenters. The van der Waals surface area contributed by atoms with Crippen LogP contribution in [0.15, 0.2) is 24.3 Å². The lowest BCUT2D eigenvalue weighted by Crippen LogP contribution is -2.57. The quantitative estimate of drug-likeness (QED) is 0.117. The van der Waals surface area contributed by atoms with E-state index in [9.17, 15) is 33.9 Å². The number of aromatic carboxylic acids is 1. The average Bonchev–Trinajstić information content (AvgIpc) is 3.00. The summed E-state index contributed by atoms with van der Waals surface area (Å²) in [5.41, 5.74) is 0.978. The lowest BCUT2D eigenvalue weighted by Gasteiger charge is -2.29. The maximum atomic E-state index is 13.5. The Balaban J connectivity index is 2.08. The van der Waals surface area contributed by atoms with E-state index >= 15 is 0 Å². The van der Waals surface area contributed by atoms with E-state index in [1.54, 1.807) is 12.1 Å². The van der Waals surface area contributed by atoms with E-state index in [0.29, 0.717) is 12.8 Å². The second-order valence-corrected chi connectivity index (χ2v) is 12.1. The number of carbonyl (C=O) groups is 6. The highest BCUT2D eigenvalue weighted by molar-refractivity contribution is 7.80. The largest absolute Gasteiger partial charge is 0.481 e. The highest BCUT2D eigenvalue weighted by Gasteiger charge is 2.32. The molecule has 3 unspecified atom stereocenters. The topological polar surface area (TPSA) is 200 Å². The molecule has 1 aromatic rings. The van der Waals surface area contributed by atoms with Crippen molar-refractivity contribution in [1.82, 2.24) is 21.3 Å². The Labute approximate surface area is 269 Å². The van der Waals surface area contributed by atoms with Gasteiger partial charge in [0, 0.05) is 18.7 Å². The Kier molecular flexibility index (Phi) is 16.2. The smallest absolute Gasteiger partial charge is 0.407 e. The summed E-state index contributed by atoms with van der Waals surface area (Å²) in [4.78, 5) is 74.3. The number of thiol groups is 1. The molecule has 4 amide bonds. The van der Waals surface area contributed by atoms with Crippen molar-refractivity contribution < 1.29 is 43.7 Å². The standard InChI is InChI=1S/C31H46N4O9S/c1-19(2)17-44-31(43)35-23(12-13-26(36)37)28(39)33-24(16-21-6-4-3-5-7-21)29(40)34-25(18-45)27(38)32-15-14-20-8-10-22(11-9-20)30(41)42/h8-11,19,21,23-25,45H,3-7,12-18H2,1-2H3,(H,32,38)(H,33,39)(H,34,40)(H,35,43)(H,36,37)(H,41,42). The van der Waals surface area contributed by atoms with Crippen molar-refractivity contribution in [3.63, 3.8) is 0 Å². The van der Waals surface area contributed by atoms with E-state index in [0.717, 1.165) is 37.7 Å². The lowest BCUT2D eigenvalue weighted by atomic mass is 9.84. The van der Waals surface area contributed by atoms with Gasteiger partial charge in [0.1, 0.15) is 18.1 Å². The molecule has 0 heterocycles. The number of ether oxygens (including phenoxy) is 1. The van der Waals surface area contributed by atoms with Crippen molar-refractivity contribution >= 4 is 48.4 Å². The van der Waals surface area contributed by atoms with Gasteiger partial charge in [0.2, 0.25) is 17.7 Å². The van der Waals surface area contributed by atoms with E-state index in [4.69, 9.17) is 9.84 Å². The van der Waals surface area contributed by atoms with Crippen LogP contribution in [0.25, 0.3) is 0 Å². The first-order valence-electron chi connectivity index (χ1n) is 15.4. The summed E-state index contributed by atoms with van der Waals surface area (Å²) in [6, 6.07) is 2.98. The van der Waals surface area contributed by atoms with Gasteiger partial charge in [-0.25, -0.2) is 9.59 Å². The molecular formula is C31H46N4O9S. The van der Waals surface area contributed by atoms with Crippen LogP contribution in [0.2, 0.25) is 0 Å². The molecule has 1 fully saturated rings. The van der Waals surface area contributed by atoms with Gasteiger partial charge in [-0.05, 0) is 48.8 Å². The van der Waals surface area contributed by atoms with Gasteiger partial charge in [0.25, 0.3) is 0 Å². The summed E-state index contributed by atoms with van der Waals surface area (Å²) in [5.74, 6) is -3.78. The first-order valence-corrected chi connectivity index (χ1v) is 16.0. The van der Waals surface area contributed by atoms with E-state index < -0.39 is 60.3 Å². The molecule has 0 saturated heterocycles. The van der Waals surface area contributed by atoms with Crippen LogP contribution < -0.4 is 21.3 Å². The number of carboxylic acids is 2. The molecule has 0 bridgehead atoms. The van der Waals surface area contributed by atoms with Crippen molar-refractivity contribution in [2.24, 2.45) is 11.8 Å². The van der Waals surface area contributed by atoms with Crippen molar-refractivity contribution in [1.29, 1.82) is 0 Å². The third-order valence-electron chi connectivity index (χ3n) is 7.46. The maximum absolute atomic E-state index is 13.5. The zero-order chi connectivity index (χ0) is 33.4. The second-order valence-electron chi connectivity index (χ2n) is 11.7. The minimum absolute atomic E-state index is 0.0144. The van der Waals surface area contributed by atoms with Gasteiger partial charge < -0.3 is 36.2 Å². The molecule has 0 aliphatic heterocycles. The number of hydrogen-bond donors (Lipinski definition) is 7. The molecule has 1 aliphatic rings. The molecule has 1 saturated carbocycles. The number of amides is 4. The number of carbonyl (C=O) groups excluding carboxylic acids is 4. The first kappa shape index (κ1) is 37.4. The summed E-state index contributed by atoms with van der Waals surface area (Å²) in [6.45, 7) is 4.03. The molecule has 14 heteroatoms. The third kappa shape index (κ3) is 14.2. The lowest BCUT2D eigenvalue weighted by molar-refractivity contribution is -0.137. The number of hydrogen-bond acceptors (Lipinski definition) is 8. The Morgan fingerprint density at radius 1 is 0.867 bits per heavy atom. The van der Waals surface area contributed by atoms with Crippen molar-refractivity contribution in [2.45, 2.75) is 89.8 Å². The first-order chi connectivity index (χ1) is 21.4. The monoisotopic (exact) mass is 650 g/mol. The number of rotatable bonds is 18. The van der Waals surface area contributed by atoms with Gasteiger partial charge >= 0.3 is 18.0 Å². The van der Waals surface area contributed by atoms with Crippen molar-refractivity contribution in [3.8, 4) is 0 Å². The van der Waals surface area contributed by atoms with Crippen LogP contribution in [-0.2, 0) is 30.3 Å². The number of benzene rings is 1. The van der Waals surface area contributed by atoms with Crippen LogP contribution in [0.3, 0.4) is 0 Å². The van der Waals surface area contributed by atoms with Crippen LogP contribution in [0.5, 0.6) is 0 Å². The molecule has 0 spiro atoms. The number of carboxylic acid groups (broad SMARTS) is 2. The van der Waals surface area contributed by atoms with Gasteiger partial charge in [-0.1, -0.05) is 58.1 Å². The van der Waals surface area contributed by atoms with Crippen LogP contribution >= 0.6 is 12.6 Å². The highest BCUT2D eigenvalue weighted by Crippen LogP contribution is 2.27. The van der Waals surface area contributed by atoms with Crippen molar-refractivity contribution in [3.05, 3.63) is 35.4 Å². The minimum atomic E-state index is -1.25. The van der Waals surface area contributed by atoms with Crippen LogP contribution in [0.4, 0.5) is 4.79 Å². The van der Waals surface area contributed by atoms with Gasteiger partial charge in [0.15, 0.2) is 0 Å². The van der Waals surface area contributed by atoms with E-state index in [2.05, 4.69) is 33.9 Å². The molecule has 0 aromatic heterocycles.